The summed E-state index contributed by atoms with van der Waals surface area (Å²) in [6.07, 6.45) is 21.7. The molecule has 2 fully saturated rings. The molecule has 404 valence electrons. The molecule has 1 saturated heterocycles. The number of nitrogens with zero attached hydrogens (tertiary/aromatic N) is 2. The highest BCUT2D eigenvalue weighted by Crippen LogP contribution is 2.62. The third-order valence-corrected chi connectivity index (χ3v) is 15.5. The summed E-state index contributed by atoms with van der Waals surface area (Å²) in [5.74, 6) is -0.366. The molecule has 0 radical (unpaired) electrons. The number of oxime groups is 1. The molecule has 1 amide bonds. The number of hydrogen-bond donors (Lipinski definition) is 2. The van der Waals surface area contributed by atoms with E-state index in [1.807, 2.05) is 36.4 Å². The number of hydrogen-bond acceptors (Lipinski definition) is 12. The van der Waals surface area contributed by atoms with Crippen LogP contribution in [0.15, 0.2) is 90.1 Å². The van der Waals surface area contributed by atoms with E-state index in [2.05, 4.69) is 19.6 Å². The van der Waals surface area contributed by atoms with Crippen LogP contribution in [0.3, 0.4) is 0 Å². The van der Waals surface area contributed by atoms with E-state index in [0.29, 0.717) is 60.1 Å². The monoisotopic (exact) mass is 1020 g/mol. The van der Waals surface area contributed by atoms with Crippen molar-refractivity contribution in [3.05, 3.63) is 107 Å². The van der Waals surface area contributed by atoms with Gasteiger partial charge in [0, 0.05) is 49.6 Å². The molecule has 0 aromatic heterocycles. The van der Waals surface area contributed by atoms with Crippen LogP contribution in [-0.2, 0) is 32.2 Å². The Balaban J connectivity index is 1.22. The molecule has 1 saturated carbocycles. The SMILES string of the molecule is C=CCOC12Oc3ccc(OCc4ccccc4F)cc3C3C(CCCCO)C(CCCCO)C=C(C(=NOC4CCCCO4)CC1N(Cc1ccc4c(c1)OCO4)C(=O)OCCCCCCCCCCCC)C32. The van der Waals surface area contributed by atoms with Crippen molar-refractivity contribution in [1.82, 2.24) is 4.90 Å². The lowest BCUT2D eigenvalue weighted by Gasteiger charge is -2.60. The molecule has 3 aromatic rings. The first kappa shape index (κ1) is 55.1. The summed E-state index contributed by atoms with van der Waals surface area (Å²) in [4.78, 5) is 23.4. The Labute approximate surface area is 438 Å². The van der Waals surface area contributed by atoms with Crippen LogP contribution >= 0.6 is 0 Å². The Hall–Kier alpha value is -5.15. The molecule has 8 rings (SSSR count). The highest BCUT2D eigenvalue weighted by atomic mass is 19.1. The number of fused-ring (bicyclic) bond motifs is 3. The summed E-state index contributed by atoms with van der Waals surface area (Å²) in [6, 6.07) is 17.2. The molecule has 0 spiro atoms. The highest BCUT2D eigenvalue weighted by molar-refractivity contribution is 6.03. The summed E-state index contributed by atoms with van der Waals surface area (Å²) in [5.41, 5.74) is 3.70. The minimum Gasteiger partial charge on any atom is -0.489 e. The van der Waals surface area contributed by atoms with Gasteiger partial charge in [0.05, 0.1) is 31.5 Å². The van der Waals surface area contributed by atoms with Gasteiger partial charge in [-0.25, -0.2) is 9.18 Å². The van der Waals surface area contributed by atoms with E-state index < -0.39 is 30.1 Å². The lowest BCUT2D eigenvalue weighted by molar-refractivity contribution is -0.256. The third-order valence-electron chi connectivity index (χ3n) is 15.5. The Bertz CT molecular complexity index is 2320. The van der Waals surface area contributed by atoms with Gasteiger partial charge in [0.15, 0.2) is 11.5 Å². The topological polar surface area (TPSA) is 147 Å². The number of aliphatic hydroxyl groups is 2. The number of ether oxygens (including phenoxy) is 7. The van der Waals surface area contributed by atoms with E-state index >= 15 is 4.79 Å². The van der Waals surface area contributed by atoms with Crippen molar-refractivity contribution in [3.63, 3.8) is 0 Å². The molecule has 7 atom stereocenters. The average molecular weight is 1030 g/mol. The average Bonchev–Trinajstić information content (AvgIpc) is 3.90. The molecule has 3 aromatic carbocycles. The van der Waals surface area contributed by atoms with Gasteiger partial charge in [0.1, 0.15) is 30.0 Å². The summed E-state index contributed by atoms with van der Waals surface area (Å²) in [6.45, 7) is 7.68. The van der Waals surface area contributed by atoms with Crippen LogP contribution in [0.2, 0.25) is 0 Å². The Morgan fingerprint density at radius 1 is 0.878 bits per heavy atom. The smallest absolute Gasteiger partial charge is 0.410 e. The van der Waals surface area contributed by atoms with Gasteiger partial charge in [-0.2, -0.15) is 0 Å². The summed E-state index contributed by atoms with van der Waals surface area (Å²) >= 11 is 0. The largest absolute Gasteiger partial charge is 0.489 e. The van der Waals surface area contributed by atoms with E-state index in [-0.39, 0.29) is 76.4 Å². The lowest BCUT2D eigenvalue weighted by Crippen LogP contribution is -2.70. The van der Waals surface area contributed by atoms with Crippen molar-refractivity contribution >= 4 is 11.8 Å². The molecule has 74 heavy (non-hydrogen) atoms. The second kappa shape index (κ2) is 28.1. The fourth-order valence-corrected chi connectivity index (χ4v) is 11.8. The number of allylic oxidation sites excluding steroid dienone is 1. The maximum atomic E-state index is 15.3. The van der Waals surface area contributed by atoms with Gasteiger partial charge in [-0.15, -0.1) is 6.58 Å². The van der Waals surface area contributed by atoms with Crippen LogP contribution in [0, 0.1) is 23.6 Å². The fraction of sp³-hybridized carbons (Fsp3) is 0.600. The molecule has 2 N–H and O–H groups in total. The molecule has 13 nitrogen and oxygen atoms in total. The predicted octanol–water partition coefficient (Wildman–Crippen LogP) is 12.9. The minimum absolute atomic E-state index is 0.0154. The number of aliphatic hydroxyl groups excluding tert-OH is 2. The standard InChI is InChI=1S/C60H81FN2O11/c1-3-5-6-7-8-9-10-11-12-20-35-68-59(66)63(40-43-27-29-53-54(36-43)71-42-70-53)55-39-51(62-74-56-26-17-21-34-67-56)48-37-44(22-15-18-31-64)47(24-16-19-32-65)57-49-38-46(69-41-45-23-13-14-25-50(45)61)28-30-52(49)73-60(55,58(48)57)72-33-4-2/h4,13-14,23,25,27-30,36-38,44,47,55-58,64-65H,2-3,5-12,15-22,24,26,31-35,39-42H2,1H3. The summed E-state index contributed by atoms with van der Waals surface area (Å²) in [5, 5.41) is 25.2. The first-order valence-electron chi connectivity index (χ1n) is 27.9. The molecule has 3 heterocycles. The number of unbranched alkanes of at least 4 members (excludes halogenated alkanes) is 11. The van der Waals surface area contributed by atoms with Crippen molar-refractivity contribution in [3.8, 4) is 23.0 Å². The van der Waals surface area contributed by atoms with E-state index in [1.54, 1.807) is 29.2 Å². The van der Waals surface area contributed by atoms with Gasteiger partial charge in [0.25, 0.3) is 0 Å². The van der Waals surface area contributed by atoms with E-state index in [4.69, 9.17) is 43.2 Å². The van der Waals surface area contributed by atoms with Crippen molar-refractivity contribution in [1.29, 1.82) is 0 Å². The Morgan fingerprint density at radius 2 is 1.64 bits per heavy atom. The third kappa shape index (κ3) is 13.8. The second-order valence-corrected chi connectivity index (χ2v) is 20.7. The van der Waals surface area contributed by atoms with E-state index in [9.17, 15) is 14.6 Å². The summed E-state index contributed by atoms with van der Waals surface area (Å²) < 4.78 is 60.0. The second-order valence-electron chi connectivity index (χ2n) is 20.7. The lowest BCUT2D eigenvalue weighted by atomic mass is 9.55. The first-order chi connectivity index (χ1) is 36.4. The zero-order valence-corrected chi connectivity index (χ0v) is 43.7. The predicted molar refractivity (Wildman–Crippen MR) is 282 cm³/mol. The number of benzene rings is 3. The molecular weight excluding hydrogens is 944 g/mol. The molecule has 2 aliphatic carbocycles. The maximum Gasteiger partial charge on any atom is 0.410 e. The highest BCUT2D eigenvalue weighted by Gasteiger charge is 2.66. The van der Waals surface area contributed by atoms with Crippen LogP contribution in [0.25, 0.3) is 0 Å². The molecule has 0 bridgehead atoms. The van der Waals surface area contributed by atoms with Crippen LogP contribution in [0.1, 0.15) is 158 Å². The van der Waals surface area contributed by atoms with Gasteiger partial charge in [-0.05, 0) is 104 Å². The van der Waals surface area contributed by atoms with Crippen molar-refractivity contribution in [2.45, 2.75) is 173 Å². The van der Waals surface area contributed by atoms with Gasteiger partial charge in [-0.3, -0.25) is 4.90 Å². The normalized spacial score (nSPS) is 24.1. The number of rotatable bonds is 30. The zero-order valence-electron chi connectivity index (χ0n) is 43.7. The Kier molecular flexibility index (Phi) is 20.9. The van der Waals surface area contributed by atoms with E-state index in [0.717, 1.165) is 80.9 Å². The zero-order chi connectivity index (χ0) is 51.5. The van der Waals surface area contributed by atoms with Gasteiger partial charge >= 0.3 is 6.09 Å². The van der Waals surface area contributed by atoms with E-state index in [1.165, 1.54) is 44.6 Å². The van der Waals surface area contributed by atoms with Crippen LogP contribution in [0.4, 0.5) is 9.18 Å². The van der Waals surface area contributed by atoms with Gasteiger partial charge in [-0.1, -0.05) is 119 Å². The minimum atomic E-state index is -1.52. The summed E-state index contributed by atoms with van der Waals surface area (Å²) in [7, 11) is 0. The van der Waals surface area contributed by atoms with Crippen LogP contribution < -0.4 is 18.9 Å². The van der Waals surface area contributed by atoms with Crippen molar-refractivity contribution < 1.29 is 57.4 Å². The molecule has 5 aliphatic rings. The molecule has 14 heteroatoms. The number of amides is 1. The maximum absolute atomic E-state index is 15.3. The number of halogens is 1. The van der Waals surface area contributed by atoms with Crippen molar-refractivity contribution in [2.75, 3.05) is 39.8 Å². The van der Waals surface area contributed by atoms with Gasteiger partial charge in [0.2, 0.25) is 18.9 Å². The number of carbonyl (C=O) groups is 1. The van der Waals surface area contributed by atoms with Crippen LogP contribution in [0.5, 0.6) is 23.0 Å². The molecule has 3 aliphatic heterocycles. The first-order valence-corrected chi connectivity index (χ1v) is 27.9. The number of carbonyl (C=O) groups excluding carboxylic acids is 1. The van der Waals surface area contributed by atoms with Crippen molar-refractivity contribution in [2.24, 2.45) is 22.9 Å². The van der Waals surface area contributed by atoms with Crippen LogP contribution in [-0.4, -0.2) is 84.9 Å². The fourth-order valence-electron chi connectivity index (χ4n) is 11.8. The molecule has 7 unspecified atom stereocenters. The molecular formula is C60H81FN2O11. The van der Waals surface area contributed by atoms with Gasteiger partial charge < -0.3 is 48.2 Å². The Morgan fingerprint density at radius 3 is 2.39 bits per heavy atom. The quantitative estimate of drug-likeness (QED) is 0.0374.